The van der Waals surface area contributed by atoms with E-state index in [0.29, 0.717) is 0 Å². The van der Waals surface area contributed by atoms with E-state index in [2.05, 4.69) is 52.1 Å². The minimum Gasteiger partial charge on any atom is -0.370 e. The van der Waals surface area contributed by atoms with Gasteiger partial charge in [0.2, 0.25) is 0 Å². The van der Waals surface area contributed by atoms with E-state index in [1.165, 1.54) is 6.42 Å². The second kappa shape index (κ2) is 6.96. The summed E-state index contributed by atoms with van der Waals surface area (Å²) >= 11 is 9.77. The Morgan fingerprint density at radius 3 is 2.95 bits per heavy atom. The maximum Gasteiger partial charge on any atom is 0.0650 e. The monoisotopic (exact) mass is 344 g/mol. The van der Waals surface area contributed by atoms with Crippen LogP contribution in [0, 0.1) is 11.8 Å². The van der Waals surface area contributed by atoms with Gasteiger partial charge in [0.25, 0.3) is 0 Å². The lowest BCUT2D eigenvalue weighted by molar-refractivity contribution is 0.477. The van der Waals surface area contributed by atoms with Gasteiger partial charge < -0.3 is 10.2 Å². The van der Waals surface area contributed by atoms with Crippen molar-refractivity contribution in [3.8, 4) is 0 Å². The molecule has 1 saturated heterocycles. The highest BCUT2D eigenvalue weighted by molar-refractivity contribution is 9.10. The third-order valence-electron chi connectivity index (χ3n) is 3.52. The van der Waals surface area contributed by atoms with Crippen LogP contribution in [0.15, 0.2) is 22.7 Å². The summed E-state index contributed by atoms with van der Waals surface area (Å²) in [4.78, 5) is 2.40. The van der Waals surface area contributed by atoms with Gasteiger partial charge in [0.05, 0.1) is 10.7 Å². The van der Waals surface area contributed by atoms with Gasteiger partial charge in [0.15, 0.2) is 0 Å². The molecule has 1 aliphatic rings. The molecule has 1 unspecified atom stereocenters. The third-order valence-corrected chi connectivity index (χ3v) is 4.32. The van der Waals surface area contributed by atoms with E-state index in [4.69, 9.17) is 11.6 Å². The molecule has 106 valence electrons. The van der Waals surface area contributed by atoms with Crippen molar-refractivity contribution in [3.63, 3.8) is 0 Å². The fourth-order valence-corrected chi connectivity index (χ4v) is 3.32. The van der Waals surface area contributed by atoms with Crippen LogP contribution in [-0.2, 0) is 0 Å². The van der Waals surface area contributed by atoms with Crippen molar-refractivity contribution in [2.24, 2.45) is 11.8 Å². The van der Waals surface area contributed by atoms with Crippen molar-refractivity contribution in [3.05, 3.63) is 27.7 Å². The average molecular weight is 346 g/mol. The molecule has 0 saturated carbocycles. The number of rotatable bonds is 5. The van der Waals surface area contributed by atoms with E-state index in [9.17, 15) is 0 Å². The number of nitrogens with zero attached hydrogens (tertiary/aromatic N) is 1. The molecular formula is C15H22BrClN2. The van der Waals surface area contributed by atoms with E-state index in [0.717, 1.165) is 53.2 Å². The molecule has 19 heavy (non-hydrogen) atoms. The molecular weight excluding hydrogens is 324 g/mol. The van der Waals surface area contributed by atoms with Gasteiger partial charge in [-0.05, 0) is 49.5 Å². The maximum absolute atomic E-state index is 6.32. The predicted octanol–water partition coefficient (Wildman–Crippen LogP) is 4.17. The van der Waals surface area contributed by atoms with E-state index >= 15 is 0 Å². The van der Waals surface area contributed by atoms with Crippen LogP contribution in [0.25, 0.3) is 0 Å². The summed E-state index contributed by atoms with van der Waals surface area (Å²) < 4.78 is 1.04. The zero-order valence-electron chi connectivity index (χ0n) is 11.6. The Kier molecular flexibility index (Phi) is 5.55. The van der Waals surface area contributed by atoms with Crippen molar-refractivity contribution < 1.29 is 0 Å². The van der Waals surface area contributed by atoms with Gasteiger partial charge in [0, 0.05) is 17.6 Å². The first-order chi connectivity index (χ1) is 9.06. The van der Waals surface area contributed by atoms with Crippen molar-refractivity contribution in [2.75, 3.05) is 31.1 Å². The van der Waals surface area contributed by atoms with Crippen LogP contribution in [0.3, 0.4) is 0 Å². The number of nitrogens with one attached hydrogen (secondary N) is 1. The Bertz CT molecular complexity index is 423. The first kappa shape index (κ1) is 15.1. The lowest BCUT2D eigenvalue weighted by Crippen LogP contribution is -2.28. The Hall–Kier alpha value is -0.250. The quantitative estimate of drug-likeness (QED) is 0.861. The molecule has 0 spiro atoms. The summed E-state index contributed by atoms with van der Waals surface area (Å²) in [6.45, 7) is 8.92. The summed E-state index contributed by atoms with van der Waals surface area (Å²) in [5.74, 6) is 1.46. The number of benzene rings is 1. The van der Waals surface area contributed by atoms with Gasteiger partial charge in [-0.25, -0.2) is 0 Å². The van der Waals surface area contributed by atoms with E-state index in [-0.39, 0.29) is 0 Å². The zero-order chi connectivity index (χ0) is 13.8. The van der Waals surface area contributed by atoms with Crippen LogP contribution in [0.4, 0.5) is 5.69 Å². The fourth-order valence-electron chi connectivity index (χ4n) is 2.53. The molecule has 1 N–H and O–H groups in total. The highest BCUT2D eigenvalue weighted by atomic mass is 79.9. The van der Waals surface area contributed by atoms with Crippen LogP contribution in [0.2, 0.25) is 5.02 Å². The highest BCUT2D eigenvalue weighted by Gasteiger charge is 2.23. The third kappa shape index (κ3) is 4.37. The number of hydrogen-bond acceptors (Lipinski definition) is 2. The van der Waals surface area contributed by atoms with Gasteiger partial charge in [-0.2, -0.15) is 0 Å². The van der Waals surface area contributed by atoms with Gasteiger partial charge in [-0.1, -0.05) is 41.4 Å². The number of halogens is 2. The zero-order valence-corrected chi connectivity index (χ0v) is 14.0. The molecule has 1 atom stereocenters. The smallest absolute Gasteiger partial charge is 0.0650 e. The van der Waals surface area contributed by atoms with Crippen LogP contribution in [0.5, 0.6) is 0 Å². The molecule has 0 aromatic heterocycles. The molecule has 1 heterocycles. The van der Waals surface area contributed by atoms with Gasteiger partial charge >= 0.3 is 0 Å². The molecule has 0 bridgehead atoms. The Morgan fingerprint density at radius 2 is 2.26 bits per heavy atom. The second-order valence-electron chi connectivity index (χ2n) is 5.75. The summed E-state index contributed by atoms with van der Waals surface area (Å²) in [6.07, 6.45) is 1.25. The molecule has 2 nitrogen and oxygen atoms in total. The first-order valence-electron chi connectivity index (χ1n) is 6.97. The minimum absolute atomic E-state index is 0.721. The lowest BCUT2D eigenvalue weighted by atomic mass is 10.1. The Balaban J connectivity index is 1.87. The van der Waals surface area contributed by atoms with E-state index in [1.54, 1.807) is 0 Å². The summed E-state index contributed by atoms with van der Waals surface area (Å²) in [5, 5.41) is 4.39. The predicted molar refractivity (Wildman–Crippen MR) is 87.2 cm³/mol. The summed E-state index contributed by atoms with van der Waals surface area (Å²) in [7, 11) is 0. The molecule has 1 aromatic carbocycles. The highest BCUT2D eigenvalue weighted by Crippen LogP contribution is 2.32. The number of anilines is 1. The molecule has 2 rings (SSSR count). The topological polar surface area (TPSA) is 15.3 Å². The van der Waals surface area contributed by atoms with Gasteiger partial charge in [-0.3, -0.25) is 0 Å². The Labute approximate surface area is 129 Å². The lowest BCUT2D eigenvalue weighted by Gasteiger charge is -2.20. The van der Waals surface area contributed by atoms with Crippen molar-refractivity contribution >= 4 is 33.2 Å². The standard InChI is InChI=1S/C15H22BrClN2/c1-11(2)8-18-9-12-5-6-19(10-12)15-4-3-13(16)7-14(15)17/h3-4,7,11-12,18H,5-6,8-10H2,1-2H3. The van der Waals surface area contributed by atoms with E-state index in [1.807, 2.05) is 6.07 Å². The SMILES string of the molecule is CC(C)CNCC1CCN(c2ccc(Br)cc2Cl)C1. The summed E-state index contributed by atoms with van der Waals surface area (Å²) in [5.41, 5.74) is 1.16. The second-order valence-corrected chi connectivity index (χ2v) is 7.07. The van der Waals surface area contributed by atoms with Crippen LogP contribution >= 0.6 is 27.5 Å². The van der Waals surface area contributed by atoms with Crippen LogP contribution in [-0.4, -0.2) is 26.2 Å². The number of hydrogen-bond donors (Lipinski definition) is 1. The van der Waals surface area contributed by atoms with Crippen molar-refractivity contribution in [1.29, 1.82) is 0 Å². The summed E-state index contributed by atoms with van der Waals surface area (Å²) in [6, 6.07) is 6.14. The van der Waals surface area contributed by atoms with Crippen molar-refractivity contribution in [2.45, 2.75) is 20.3 Å². The van der Waals surface area contributed by atoms with Gasteiger partial charge in [0.1, 0.15) is 0 Å². The molecule has 0 amide bonds. The average Bonchev–Trinajstić information content (AvgIpc) is 2.77. The fraction of sp³-hybridized carbons (Fsp3) is 0.600. The van der Waals surface area contributed by atoms with Crippen molar-refractivity contribution in [1.82, 2.24) is 5.32 Å². The van der Waals surface area contributed by atoms with Gasteiger partial charge in [-0.15, -0.1) is 0 Å². The largest absolute Gasteiger partial charge is 0.370 e. The molecule has 1 fully saturated rings. The molecule has 4 heteroatoms. The molecule has 1 aliphatic heterocycles. The normalized spacial score (nSPS) is 19.4. The van der Waals surface area contributed by atoms with Crippen LogP contribution < -0.4 is 10.2 Å². The maximum atomic E-state index is 6.32. The van der Waals surface area contributed by atoms with E-state index < -0.39 is 0 Å². The molecule has 0 aliphatic carbocycles. The molecule has 0 radical (unpaired) electrons. The van der Waals surface area contributed by atoms with Crippen LogP contribution in [0.1, 0.15) is 20.3 Å². The minimum atomic E-state index is 0.721. The first-order valence-corrected chi connectivity index (χ1v) is 8.14. The molecule has 1 aromatic rings. The Morgan fingerprint density at radius 1 is 1.47 bits per heavy atom.